The smallest absolute Gasteiger partial charge is 0.407 e. The van der Waals surface area contributed by atoms with E-state index < -0.39 is 30.1 Å². The lowest BCUT2D eigenvalue weighted by atomic mass is 9.90. The number of carbonyl (C=O) groups excluding carboxylic acids is 4. The van der Waals surface area contributed by atoms with E-state index in [0.717, 1.165) is 46.5 Å². The van der Waals surface area contributed by atoms with Gasteiger partial charge in [0.25, 0.3) is 0 Å². The van der Waals surface area contributed by atoms with E-state index in [4.69, 9.17) is 28.7 Å². The van der Waals surface area contributed by atoms with Crippen molar-refractivity contribution in [2.45, 2.75) is 70.0 Å². The van der Waals surface area contributed by atoms with Crippen molar-refractivity contribution in [3.8, 4) is 33.6 Å². The summed E-state index contributed by atoms with van der Waals surface area (Å²) in [5, 5.41) is 5.46. The standard InChI is InChI=1S/C45H56N8O9/c1-6-45(61-22-23-62-45)27-52(41(54)38(28(2)3)50-43(56)58-4)26-37-46-24-34(48-37)31-13-9-29(10-14-31)30-11-15-32(16-12-30)35-25-47-40(49-35)36-8-7-19-53(36)42(55)39(51-44(57)59-5)33-17-20-60-21-18-33/h6,9-16,24-25,28,33,36,38-39H,1,7-8,17-23,26-27H2,2-5H3,(H,46,48)(H,47,49)(H,50,56)(H,51,57)/t36-,38-,39-/m0/s1. The number of ether oxygens (including phenoxy) is 5. The first-order chi connectivity index (χ1) is 30.0. The second-order valence-corrected chi connectivity index (χ2v) is 16.1. The molecule has 3 aliphatic rings. The summed E-state index contributed by atoms with van der Waals surface area (Å²) in [4.78, 5) is 71.9. The highest BCUT2D eigenvalue weighted by molar-refractivity contribution is 5.87. The third kappa shape index (κ3) is 10.0. The van der Waals surface area contributed by atoms with Gasteiger partial charge in [0.15, 0.2) is 0 Å². The predicted octanol–water partition coefficient (Wildman–Crippen LogP) is 5.59. The second-order valence-electron chi connectivity index (χ2n) is 16.1. The van der Waals surface area contributed by atoms with Crippen molar-refractivity contribution in [1.82, 2.24) is 40.4 Å². The maximum absolute atomic E-state index is 14.0. The molecule has 2 aromatic carbocycles. The molecule has 3 aliphatic heterocycles. The summed E-state index contributed by atoms with van der Waals surface area (Å²) in [6, 6.07) is 14.5. The van der Waals surface area contributed by atoms with Gasteiger partial charge in [-0.15, -0.1) is 0 Å². The fraction of sp³-hybridized carbons (Fsp3) is 0.467. The molecule has 17 nitrogen and oxygen atoms in total. The van der Waals surface area contributed by atoms with Gasteiger partial charge >= 0.3 is 12.2 Å². The van der Waals surface area contributed by atoms with E-state index >= 15 is 0 Å². The molecule has 7 rings (SSSR count). The summed E-state index contributed by atoms with van der Waals surface area (Å²) in [5.74, 6) is -0.680. The van der Waals surface area contributed by atoms with Crippen molar-refractivity contribution in [2.75, 3.05) is 53.7 Å². The number of benzene rings is 2. The van der Waals surface area contributed by atoms with Crippen LogP contribution in [-0.4, -0.2) is 125 Å². The van der Waals surface area contributed by atoms with Crippen molar-refractivity contribution in [3.63, 3.8) is 0 Å². The molecular weight excluding hydrogens is 797 g/mol. The first-order valence-corrected chi connectivity index (χ1v) is 21.1. The molecule has 3 fully saturated rings. The molecule has 4 N–H and O–H groups in total. The van der Waals surface area contributed by atoms with E-state index in [0.29, 0.717) is 57.5 Å². The van der Waals surface area contributed by atoms with Gasteiger partial charge in [0.2, 0.25) is 17.6 Å². The molecule has 5 heterocycles. The number of H-pyrrole nitrogens is 2. The third-order valence-electron chi connectivity index (χ3n) is 11.8. The minimum Gasteiger partial charge on any atom is -0.453 e. The summed E-state index contributed by atoms with van der Waals surface area (Å²) in [5.41, 5.74) is 5.51. The van der Waals surface area contributed by atoms with Crippen LogP contribution < -0.4 is 10.6 Å². The van der Waals surface area contributed by atoms with Crippen LogP contribution in [0.5, 0.6) is 0 Å². The summed E-state index contributed by atoms with van der Waals surface area (Å²) < 4.78 is 26.9. The van der Waals surface area contributed by atoms with Crippen LogP contribution in [0.1, 0.15) is 57.2 Å². The lowest BCUT2D eigenvalue weighted by Gasteiger charge is -2.34. The van der Waals surface area contributed by atoms with Gasteiger partial charge in [-0.05, 0) is 65.8 Å². The quantitative estimate of drug-likeness (QED) is 0.109. The first-order valence-electron chi connectivity index (χ1n) is 21.1. The highest BCUT2D eigenvalue weighted by Crippen LogP contribution is 2.34. The monoisotopic (exact) mass is 852 g/mol. The normalized spacial score (nSPS) is 18.5. The van der Waals surface area contributed by atoms with Gasteiger partial charge in [-0.2, -0.15) is 0 Å². The van der Waals surface area contributed by atoms with Crippen LogP contribution in [0.3, 0.4) is 0 Å². The zero-order valence-corrected chi connectivity index (χ0v) is 35.7. The van der Waals surface area contributed by atoms with Crippen LogP contribution in [0, 0.1) is 11.8 Å². The Kier molecular flexibility index (Phi) is 14.0. The van der Waals surface area contributed by atoms with E-state index in [9.17, 15) is 19.2 Å². The number of nitrogens with one attached hydrogen (secondary N) is 4. The Bertz CT molecular complexity index is 2170. The minimum atomic E-state index is -1.19. The lowest BCUT2D eigenvalue weighted by Crippen LogP contribution is -2.54. The number of aromatic amines is 2. The molecule has 4 aromatic rings. The summed E-state index contributed by atoms with van der Waals surface area (Å²) in [6.45, 7) is 10.1. The molecule has 330 valence electrons. The Morgan fingerprint density at radius 1 is 0.855 bits per heavy atom. The van der Waals surface area contributed by atoms with E-state index in [-0.39, 0.29) is 42.8 Å². The van der Waals surface area contributed by atoms with Crippen LogP contribution in [0.25, 0.3) is 33.6 Å². The highest BCUT2D eigenvalue weighted by atomic mass is 16.7. The number of likely N-dealkylation sites (tertiary alicyclic amines) is 1. The fourth-order valence-corrected chi connectivity index (χ4v) is 8.34. The highest BCUT2D eigenvalue weighted by Gasteiger charge is 2.41. The van der Waals surface area contributed by atoms with Crippen molar-refractivity contribution in [1.29, 1.82) is 0 Å². The van der Waals surface area contributed by atoms with Gasteiger partial charge in [-0.1, -0.05) is 69.0 Å². The number of nitrogens with zero attached hydrogens (tertiary/aromatic N) is 4. The topological polar surface area (TPSA) is 202 Å². The Hall–Kier alpha value is -6.04. The average molecular weight is 853 g/mol. The molecule has 17 heteroatoms. The number of amides is 4. The number of aromatic nitrogens is 4. The average Bonchev–Trinajstić information content (AvgIpc) is 4.15. The van der Waals surface area contributed by atoms with Crippen LogP contribution in [-0.2, 0) is 39.8 Å². The Morgan fingerprint density at radius 2 is 1.44 bits per heavy atom. The van der Waals surface area contributed by atoms with Gasteiger partial charge in [-0.3, -0.25) is 9.59 Å². The van der Waals surface area contributed by atoms with Gasteiger partial charge in [-0.25, -0.2) is 19.6 Å². The largest absolute Gasteiger partial charge is 0.453 e. The molecular formula is C45H56N8O9. The maximum Gasteiger partial charge on any atom is 0.407 e. The Balaban J connectivity index is 1.01. The zero-order valence-electron chi connectivity index (χ0n) is 35.7. The molecule has 0 radical (unpaired) electrons. The van der Waals surface area contributed by atoms with Crippen LogP contribution in [0.2, 0.25) is 0 Å². The summed E-state index contributed by atoms with van der Waals surface area (Å²) in [6.07, 6.45) is 6.71. The zero-order chi connectivity index (χ0) is 43.8. The van der Waals surface area contributed by atoms with E-state index in [1.54, 1.807) is 23.4 Å². The van der Waals surface area contributed by atoms with E-state index in [2.05, 4.69) is 44.3 Å². The van der Waals surface area contributed by atoms with Crippen LogP contribution in [0.15, 0.2) is 73.6 Å². The Morgan fingerprint density at radius 3 is 2.03 bits per heavy atom. The number of hydrogen-bond acceptors (Lipinski definition) is 11. The molecule has 3 saturated heterocycles. The molecule has 0 aliphatic carbocycles. The third-order valence-corrected chi connectivity index (χ3v) is 11.8. The van der Waals surface area contributed by atoms with Crippen molar-refractivity contribution in [3.05, 3.63) is 85.2 Å². The van der Waals surface area contributed by atoms with Gasteiger partial charge < -0.3 is 54.1 Å². The molecule has 0 bridgehead atoms. The molecule has 4 amide bonds. The molecule has 62 heavy (non-hydrogen) atoms. The first kappa shape index (κ1) is 44.0. The number of alkyl carbamates (subject to hydrolysis) is 2. The molecule has 2 aromatic heterocycles. The second kappa shape index (κ2) is 19.8. The van der Waals surface area contributed by atoms with E-state index in [1.807, 2.05) is 55.1 Å². The maximum atomic E-state index is 14.0. The molecule has 0 saturated carbocycles. The SMILES string of the molecule is C=CC1(CN(Cc2ncc(-c3ccc(-c4ccc(-c5cnc([C@@H]6CCCN6C(=O)[C@@H](NC(=O)OC)C6CCOCC6)[nH]5)cc4)cc3)[nH]2)C(=O)[C@@H](NC(=O)OC)C(C)C)OCCO1. The number of hydrogen-bond donors (Lipinski definition) is 4. The molecule has 3 atom stereocenters. The minimum absolute atomic E-state index is 0.0380. The fourth-order valence-electron chi connectivity index (χ4n) is 8.34. The van der Waals surface area contributed by atoms with Gasteiger partial charge in [0, 0.05) is 19.8 Å². The van der Waals surface area contributed by atoms with Crippen LogP contribution >= 0.6 is 0 Å². The van der Waals surface area contributed by atoms with Crippen molar-refractivity contribution < 1.29 is 42.9 Å². The number of methoxy groups -OCH3 is 2. The van der Waals surface area contributed by atoms with Crippen molar-refractivity contribution in [2.24, 2.45) is 11.8 Å². The van der Waals surface area contributed by atoms with Gasteiger partial charge in [0.05, 0.1) is 70.3 Å². The number of imidazole rings is 2. The van der Waals surface area contributed by atoms with Crippen LogP contribution in [0.4, 0.5) is 9.59 Å². The summed E-state index contributed by atoms with van der Waals surface area (Å²) >= 11 is 0. The Labute approximate surface area is 360 Å². The number of carbonyl (C=O) groups is 4. The summed E-state index contributed by atoms with van der Waals surface area (Å²) in [7, 11) is 2.55. The lowest BCUT2D eigenvalue weighted by molar-refractivity contribution is -0.156. The van der Waals surface area contributed by atoms with E-state index in [1.165, 1.54) is 14.2 Å². The molecule has 0 unspecified atom stereocenters. The van der Waals surface area contributed by atoms with Crippen molar-refractivity contribution >= 4 is 24.0 Å². The van der Waals surface area contributed by atoms with Gasteiger partial charge in [0.1, 0.15) is 23.7 Å². The number of rotatable bonds is 15. The predicted molar refractivity (Wildman–Crippen MR) is 228 cm³/mol. The molecule has 0 spiro atoms.